The van der Waals surface area contributed by atoms with Crippen molar-refractivity contribution in [3.05, 3.63) is 114 Å². The van der Waals surface area contributed by atoms with Crippen LogP contribution in [-0.2, 0) is 25.0 Å². The highest BCUT2D eigenvalue weighted by Gasteiger charge is 2.35. The largest absolute Gasteiger partial charge is 0.486 e. The Kier molecular flexibility index (Phi) is 7.33. The summed E-state index contributed by atoms with van der Waals surface area (Å²) in [7, 11) is 0. The van der Waals surface area contributed by atoms with E-state index in [1.165, 1.54) is 17.7 Å². The molecule has 0 radical (unpaired) electrons. The maximum absolute atomic E-state index is 14.0. The predicted octanol–water partition coefficient (Wildman–Crippen LogP) is 5.87. The number of hydrogen-bond acceptors (Lipinski definition) is 4. The van der Waals surface area contributed by atoms with E-state index in [1.54, 1.807) is 12.5 Å². The number of aromatic nitrogens is 2. The molecule has 4 aromatic rings. The summed E-state index contributed by atoms with van der Waals surface area (Å²) in [5, 5.41) is 3.83. The third-order valence-electron chi connectivity index (χ3n) is 6.77. The van der Waals surface area contributed by atoms with Crippen molar-refractivity contribution in [2.24, 2.45) is 0 Å². The van der Waals surface area contributed by atoms with Crippen LogP contribution in [0.4, 0.5) is 4.39 Å². The Morgan fingerprint density at radius 2 is 1.78 bits per heavy atom. The molecule has 5 nitrogen and oxygen atoms in total. The molecule has 186 valence electrons. The Hall–Kier alpha value is -3.64. The monoisotopic (exact) mass is 485 g/mol. The number of nitrogens with zero attached hydrogens (tertiary/aromatic N) is 2. The van der Waals surface area contributed by atoms with Gasteiger partial charge in [-0.2, -0.15) is 0 Å². The SMILES string of the molecule is CCCCc1cccc(C(Cc2ccc3c(c2)OCCO3)(NCn2ccnc2)c2ccc(F)cc2)c1. The van der Waals surface area contributed by atoms with E-state index in [2.05, 4.69) is 53.6 Å². The Balaban J connectivity index is 1.62. The molecule has 0 bridgehead atoms. The van der Waals surface area contributed by atoms with E-state index in [0.29, 0.717) is 26.3 Å². The zero-order valence-electron chi connectivity index (χ0n) is 20.6. The minimum Gasteiger partial charge on any atom is -0.486 e. The van der Waals surface area contributed by atoms with Crippen molar-refractivity contribution in [1.29, 1.82) is 0 Å². The van der Waals surface area contributed by atoms with Gasteiger partial charge in [-0.1, -0.05) is 55.8 Å². The van der Waals surface area contributed by atoms with E-state index in [0.717, 1.165) is 47.5 Å². The molecule has 5 rings (SSSR count). The highest BCUT2D eigenvalue weighted by molar-refractivity contribution is 5.47. The Morgan fingerprint density at radius 1 is 0.944 bits per heavy atom. The van der Waals surface area contributed by atoms with Crippen LogP contribution >= 0.6 is 0 Å². The van der Waals surface area contributed by atoms with Crippen molar-refractivity contribution < 1.29 is 13.9 Å². The normalized spacial score (nSPS) is 14.4. The summed E-state index contributed by atoms with van der Waals surface area (Å²) in [5.74, 6) is 1.28. The number of hydrogen-bond donors (Lipinski definition) is 1. The van der Waals surface area contributed by atoms with Crippen molar-refractivity contribution in [3.63, 3.8) is 0 Å². The number of unbranched alkanes of at least 4 members (excludes halogenated alkanes) is 1. The van der Waals surface area contributed by atoms with Gasteiger partial charge in [0.1, 0.15) is 19.0 Å². The number of fused-ring (bicyclic) bond motifs is 1. The Bertz CT molecular complexity index is 1270. The summed E-state index contributed by atoms with van der Waals surface area (Å²) in [6, 6.07) is 21.7. The van der Waals surface area contributed by atoms with E-state index in [4.69, 9.17) is 9.47 Å². The highest BCUT2D eigenvalue weighted by atomic mass is 19.1. The number of nitrogens with one attached hydrogen (secondary N) is 1. The molecular formula is C30H32FN3O2. The van der Waals surface area contributed by atoms with Gasteiger partial charge in [0.05, 0.1) is 18.5 Å². The van der Waals surface area contributed by atoms with Crippen LogP contribution in [0.3, 0.4) is 0 Å². The molecule has 1 unspecified atom stereocenters. The summed E-state index contributed by atoms with van der Waals surface area (Å²) in [6.45, 7) is 3.85. The first-order chi connectivity index (χ1) is 17.7. The smallest absolute Gasteiger partial charge is 0.161 e. The second-order valence-corrected chi connectivity index (χ2v) is 9.28. The van der Waals surface area contributed by atoms with Gasteiger partial charge in [-0.25, -0.2) is 9.37 Å². The number of imidazole rings is 1. The minimum atomic E-state index is -0.621. The lowest BCUT2D eigenvalue weighted by Crippen LogP contribution is -2.46. The van der Waals surface area contributed by atoms with Gasteiger partial charge in [-0.05, 0) is 65.8 Å². The second kappa shape index (κ2) is 11.0. The molecule has 2 heterocycles. The average Bonchev–Trinajstić information content (AvgIpc) is 3.44. The average molecular weight is 486 g/mol. The van der Waals surface area contributed by atoms with Gasteiger partial charge in [0, 0.05) is 12.4 Å². The quantitative estimate of drug-likeness (QED) is 0.305. The van der Waals surface area contributed by atoms with E-state index in [-0.39, 0.29) is 5.82 Å². The lowest BCUT2D eigenvalue weighted by molar-refractivity contribution is 0.171. The fourth-order valence-corrected chi connectivity index (χ4v) is 4.86. The van der Waals surface area contributed by atoms with Crippen molar-refractivity contribution in [1.82, 2.24) is 14.9 Å². The third kappa shape index (κ3) is 5.29. The number of ether oxygens (including phenoxy) is 2. The fraction of sp³-hybridized carbons (Fsp3) is 0.300. The van der Waals surface area contributed by atoms with Gasteiger partial charge < -0.3 is 14.0 Å². The molecule has 3 aromatic carbocycles. The fourth-order valence-electron chi connectivity index (χ4n) is 4.86. The van der Waals surface area contributed by atoms with Gasteiger partial charge in [0.25, 0.3) is 0 Å². The lowest BCUT2D eigenvalue weighted by Gasteiger charge is -2.37. The number of rotatable bonds is 10. The first kappa shape index (κ1) is 24.1. The van der Waals surface area contributed by atoms with Gasteiger partial charge in [0.15, 0.2) is 11.5 Å². The van der Waals surface area contributed by atoms with Crippen molar-refractivity contribution >= 4 is 0 Å². The van der Waals surface area contributed by atoms with Crippen molar-refractivity contribution in [2.75, 3.05) is 13.2 Å². The molecule has 0 saturated carbocycles. The van der Waals surface area contributed by atoms with E-state index >= 15 is 0 Å². The molecule has 0 fully saturated rings. The van der Waals surface area contributed by atoms with Crippen LogP contribution in [0, 0.1) is 5.82 Å². The molecule has 1 aliphatic rings. The molecule has 1 aromatic heterocycles. The van der Waals surface area contributed by atoms with Gasteiger partial charge in [0.2, 0.25) is 0 Å². The first-order valence-corrected chi connectivity index (χ1v) is 12.6. The van der Waals surface area contributed by atoms with Crippen LogP contribution in [0.5, 0.6) is 11.5 Å². The molecule has 1 atom stereocenters. The maximum Gasteiger partial charge on any atom is 0.161 e. The summed E-state index contributed by atoms with van der Waals surface area (Å²) in [6.07, 6.45) is 9.44. The minimum absolute atomic E-state index is 0.252. The predicted molar refractivity (Wildman–Crippen MR) is 139 cm³/mol. The van der Waals surface area contributed by atoms with Crippen LogP contribution in [-0.4, -0.2) is 22.8 Å². The topological polar surface area (TPSA) is 48.3 Å². The second-order valence-electron chi connectivity index (χ2n) is 9.28. The van der Waals surface area contributed by atoms with Crippen molar-refractivity contribution in [2.45, 2.75) is 44.8 Å². The zero-order chi connectivity index (χ0) is 24.8. The van der Waals surface area contributed by atoms with Crippen LogP contribution in [0.2, 0.25) is 0 Å². The third-order valence-corrected chi connectivity index (χ3v) is 6.77. The molecule has 0 amide bonds. The van der Waals surface area contributed by atoms with Crippen LogP contribution in [0.25, 0.3) is 0 Å². The van der Waals surface area contributed by atoms with Gasteiger partial charge in [-0.15, -0.1) is 0 Å². The van der Waals surface area contributed by atoms with E-state index < -0.39 is 5.54 Å². The van der Waals surface area contributed by atoms with E-state index in [1.807, 2.05) is 29.0 Å². The molecule has 0 aliphatic carbocycles. The zero-order valence-corrected chi connectivity index (χ0v) is 20.6. The molecule has 0 saturated heterocycles. The van der Waals surface area contributed by atoms with Crippen LogP contribution < -0.4 is 14.8 Å². The van der Waals surface area contributed by atoms with Gasteiger partial charge in [-0.3, -0.25) is 5.32 Å². The molecular weight excluding hydrogens is 453 g/mol. The van der Waals surface area contributed by atoms with Crippen molar-refractivity contribution in [3.8, 4) is 11.5 Å². The molecule has 1 N–H and O–H groups in total. The summed E-state index contributed by atoms with van der Waals surface area (Å²) >= 11 is 0. The number of halogens is 1. The molecule has 36 heavy (non-hydrogen) atoms. The van der Waals surface area contributed by atoms with Crippen LogP contribution in [0.1, 0.15) is 42.0 Å². The molecule has 6 heteroatoms. The summed E-state index contributed by atoms with van der Waals surface area (Å²) < 4.78 is 27.7. The maximum atomic E-state index is 14.0. The molecule has 1 aliphatic heterocycles. The summed E-state index contributed by atoms with van der Waals surface area (Å²) in [4.78, 5) is 4.20. The Morgan fingerprint density at radius 3 is 2.56 bits per heavy atom. The Labute approximate surface area is 211 Å². The van der Waals surface area contributed by atoms with E-state index in [9.17, 15) is 4.39 Å². The summed E-state index contributed by atoms with van der Waals surface area (Å²) in [5.41, 5.74) is 3.90. The molecule has 0 spiro atoms. The van der Waals surface area contributed by atoms with Crippen LogP contribution in [0.15, 0.2) is 85.5 Å². The number of benzene rings is 3. The standard InChI is InChI=1S/C30H32FN3O2/c1-2-3-5-23-6-4-7-26(18-23)30(25-9-11-27(31)12-10-25,33-22-34-15-14-32-21-34)20-24-8-13-28-29(19-24)36-17-16-35-28/h4,6-15,18-19,21,33H,2-3,5,16-17,20,22H2,1H3. The first-order valence-electron chi connectivity index (χ1n) is 12.6. The van der Waals surface area contributed by atoms with Gasteiger partial charge >= 0.3 is 0 Å². The highest BCUT2D eigenvalue weighted by Crippen LogP contribution is 2.38. The number of aryl methyl sites for hydroxylation is 1. The lowest BCUT2D eigenvalue weighted by atomic mass is 9.77.